The van der Waals surface area contributed by atoms with Gasteiger partial charge in [-0.2, -0.15) is 26.3 Å². The fourth-order valence-corrected chi connectivity index (χ4v) is 7.47. The number of nitrogens with zero attached hydrogens (tertiary/aromatic N) is 2. The first-order chi connectivity index (χ1) is 20.2. The predicted molar refractivity (Wildman–Crippen MR) is 151 cm³/mol. The van der Waals surface area contributed by atoms with E-state index in [1.165, 1.54) is 41.3 Å². The minimum absolute atomic E-state index is 0.00538. The van der Waals surface area contributed by atoms with E-state index in [4.69, 9.17) is 5.11 Å². The summed E-state index contributed by atoms with van der Waals surface area (Å²) in [6, 6.07) is 9.93. The lowest BCUT2D eigenvalue weighted by atomic mass is 9.99. The van der Waals surface area contributed by atoms with Crippen molar-refractivity contribution in [2.75, 3.05) is 44.1 Å². The molecule has 0 aliphatic carbocycles. The quantitative estimate of drug-likeness (QED) is 0.219. The van der Waals surface area contributed by atoms with Crippen molar-refractivity contribution in [3.05, 3.63) is 76.7 Å². The highest BCUT2D eigenvalue weighted by Gasteiger charge is 2.46. The summed E-state index contributed by atoms with van der Waals surface area (Å²) in [7, 11) is -3.97. The monoisotopic (exact) mass is 665 g/mol. The number of sulfonamides is 1. The van der Waals surface area contributed by atoms with E-state index in [2.05, 4.69) is 4.72 Å². The van der Waals surface area contributed by atoms with Gasteiger partial charge < -0.3 is 10.0 Å². The second-order valence-electron chi connectivity index (χ2n) is 9.29. The molecule has 0 radical (unpaired) electrons. The molecule has 0 saturated carbocycles. The van der Waals surface area contributed by atoms with Crippen LogP contribution in [0, 0.1) is 0 Å². The third-order valence-corrected chi connectivity index (χ3v) is 10.2. The Kier molecular flexibility index (Phi) is 10.2. The van der Waals surface area contributed by atoms with Gasteiger partial charge in [-0.15, -0.1) is 11.3 Å². The number of aliphatic hydroxyl groups excluding tert-OH is 1. The molecule has 232 valence electrons. The average Bonchev–Trinajstić information content (AvgIpc) is 3.48. The number of amides is 1. The maximum absolute atomic E-state index is 14.2. The van der Waals surface area contributed by atoms with Crippen molar-refractivity contribution < 1.29 is 44.7 Å². The Hall–Kier alpha value is -3.05. The molecule has 0 bridgehead atoms. The van der Waals surface area contributed by atoms with Crippen LogP contribution in [-0.4, -0.2) is 68.6 Å². The van der Waals surface area contributed by atoms with Crippen LogP contribution in [0.1, 0.15) is 16.7 Å². The van der Waals surface area contributed by atoms with Crippen LogP contribution in [0.5, 0.6) is 0 Å². The third kappa shape index (κ3) is 8.32. The molecule has 4 rings (SSSR count). The van der Waals surface area contributed by atoms with Crippen LogP contribution >= 0.6 is 23.1 Å². The number of benzene rings is 2. The summed E-state index contributed by atoms with van der Waals surface area (Å²) in [4.78, 5) is 15.2. The zero-order valence-electron chi connectivity index (χ0n) is 22.2. The number of anilines is 1. The normalized spacial score (nSPS) is 15.3. The van der Waals surface area contributed by atoms with E-state index in [1.807, 2.05) is 4.90 Å². The Labute approximate surface area is 251 Å². The summed E-state index contributed by atoms with van der Waals surface area (Å²) in [6.45, 7) is 1.72. The van der Waals surface area contributed by atoms with Gasteiger partial charge in [-0.25, -0.2) is 8.42 Å². The number of alkyl halides is 6. The van der Waals surface area contributed by atoms with Crippen molar-refractivity contribution in [1.29, 1.82) is 0 Å². The fourth-order valence-electron chi connectivity index (χ4n) is 4.38. The van der Waals surface area contributed by atoms with Crippen molar-refractivity contribution in [3.8, 4) is 0 Å². The molecule has 1 amide bonds. The van der Waals surface area contributed by atoms with Crippen LogP contribution in [0.2, 0.25) is 0 Å². The molecule has 1 saturated heterocycles. The number of halogens is 6. The van der Waals surface area contributed by atoms with Crippen LogP contribution in [0.25, 0.3) is 6.08 Å². The van der Waals surface area contributed by atoms with E-state index in [0.29, 0.717) is 31.4 Å². The first-order valence-corrected chi connectivity index (χ1v) is 15.8. The molecule has 2 N–H and O–H groups in total. The van der Waals surface area contributed by atoms with Gasteiger partial charge in [0.05, 0.1) is 17.7 Å². The first-order valence-electron chi connectivity index (χ1n) is 12.6. The first kappa shape index (κ1) is 32.9. The summed E-state index contributed by atoms with van der Waals surface area (Å²) in [5.74, 6) is -0.648. The molecule has 0 spiro atoms. The Morgan fingerprint density at radius 1 is 0.977 bits per heavy atom. The van der Waals surface area contributed by atoms with Crippen molar-refractivity contribution in [3.63, 3.8) is 0 Å². The Morgan fingerprint density at radius 3 is 2.28 bits per heavy atom. The highest BCUT2D eigenvalue weighted by Crippen LogP contribution is 2.48. The molecule has 2 aromatic carbocycles. The van der Waals surface area contributed by atoms with Gasteiger partial charge in [0, 0.05) is 54.3 Å². The van der Waals surface area contributed by atoms with Crippen LogP contribution in [0.15, 0.2) is 74.0 Å². The summed E-state index contributed by atoms with van der Waals surface area (Å²) >= 11 is 1.35. The van der Waals surface area contributed by atoms with Crippen molar-refractivity contribution in [2.24, 2.45) is 0 Å². The third-order valence-electron chi connectivity index (χ3n) is 6.35. The smallest absolute Gasteiger partial charge is 0.395 e. The van der Waals surface area contributed by atoms with Crippen LogP contribution in [0.4, 0.5) is 32.0 Å². The number of carbonyl (C=O) groups excluding carboxylic acids is 1. The maximum atomic E-state index is 14.2. The number of aliphatic hydroxyl groups is 1. The molecule has 2 heterocycles. The van der Waals surface area contributed by atoms with Crippen molar-refractivity contribution in [2.45, 2.75) is 26.4 Å². The Morgan fingerprint density at radius 2 is 1.67 bits per heavy atom. The highest BCUT2D eigenvalue weighted by atomic mass is 32.2. The molecule has 1 aliphatic heterocycles. The number of nitrogens with one attached hydrogen (secondary N) is 1. The molecule has 16 heteroatoms. The second kappa shape index (κ2) is 13.3. The zero-order valence-corrected chi connectivity index (χ0v) is 24.6. The van der Waals surface area contributed by atoms with Crippen LogP contribution < -0.4 is 4.72 Å². The summed E-state index contributed by atoms with van der Waals surface area (Å²) < 4.78 is 113. The summed E-state index contributed by atoms with van der Waals surface area (Å²) in [5.41, 5.74) is -4.66. The predicted octanol–water partition coefficient (Wildman–Crippen LogP) is 5.89. The van der Waals surface area contributed by atoms with Gasteiger partial charge >= 0.3 is 12.4 Å². The minimum Gasteiger partial charge on any atom is -0.395 e. The SMILES string of the molecule is O=C(C=Cc1ccc(Sc2cccc(NS(=O)(=O)c3cccs3)c2)c(C(F)(F)F)c1C(F)(F)F)N1CCN(CCO)CC1. The van der Waals surface area contributed by atoms with E-state index >= 15 is 0 Å². The van der Waals surface area contributed by atoms with E-state index in [9.17, 15) is 39.6 Å². The van der Waals surface area contributed by atoms with Gasteiger partial charge in [0.25, 0.3) is 10.0 Å². The zero-order chi connectivity index (χ0) is 31.4. The summed E-state index contributed by atoms with van der Waals surface area (Å²) in [5, 5.41) is 10.6. The topological polar surface area (TPSA) is 90.0 Å². The second-order valence-corrected chi connectivity index (χ2v) is 13.3. The molecule has 1 aliphatic rings. The van der Waals surface area contributed by atoms with Crippen molar-refractivity contribution in [1.82, 2.24) is 9.80 Å². The van der Waals surface area contributed by atoms with Gasteiger partial charge in [-0.1, -0.05) is 30.0 Å². The largest absolute Gasteiger partial charge is 0.418 e. The maximum Gasteiger partial charge on any atom is 0.418 e. The molecule has 7 nitrogen and oxygen atoms in total. The van der Waals surface area contributed by atoms with E-state index in [0.717, 1.165) is 35.6 Å². The van der Waals surface area contributed by atoms with Gasteiger partial charge in [-0.3, -0.25) is 14.4 Å². The van der Waals surface area contributed by atoms with Crippen LogP contribution in [-0.2, 0) is 27.2 Å². The Balaban J connectivity index is 1.64. The molecule has 1 fully saturated rings. The highest BCUT2D eigenvalue weighted by molar-refractivity contribution is 7.99. The number of carbonyl (C=O) groups is 1. The van der Waals surface area contributed by atoms with E-state index in [1.54, 1.807) is 5.38 Å². The molecule has 3 aromatic rings. The van der Waals surface area contributed by atoms with Gasteiger partial charge in [0.15, 0.2) is 0 Å². The van der Waals surface area contributed by atoms with Gasteiger partial charge in [0.2, 0.25) is 5.91 Å². The number of piperazine rings is 1. The average molecular weight is 666 g/mol. The van der Waals surface area contributed by atoms with E-state index < -0.39 is 49.9 Å². The number of β-amino-alcohol motifs (C(OH)–C–C–N with tert-alkyl or cyclic N) is 1. The van der Waals surface area contributed by atoms with Gasteiger partial charge in [0.1, 0.15) is 4.21 Å². The molecule has 0 unspecified atom stereocenters. The lowest BCUT2D eigenvalue weighted by Crippen LogP contribution is -2.48. The number of hydrogen-bond acceptors (Lipinski definition) is 7. The molecule has 0 atom stereocenters. The standard InChI is InChI=1S/C27H25F6N3O4S3/c28-26(29,30)24-18(7-9-22(38)36-12-10-35(11-13-36)14-15-37)6-8-21(25(24)27(31,32)33)42-20-4-1-3-19(17-20)34-43(39,40)23-5-2-16-41-23/h1-9,16-17,34,37H,10-15H2. The minimum atomic E-state index is -5.42. The lowest BCUT2D eigenvalue weighted by molar-refractivity contribution is -0.163. The van der Waals surface area contributed by atoms with Crippen LogP contribution in [0.3, 0.4) is 0 Å². The number of hydrogen-bond donors (Lipinski definition) is 2. The van der Waals surface area contributed by atoms with Crippen molar-refractivity contribution >= 4 is 50.8 Å². The number of rotatable bonds is 9. The number of thiophene rings is 1. The molecule has 43 heavy (non-hydrogen) atoms. The van der Waals surface area contributed by atoms with Gasteiger partial charge in [-0.05, 0) is 47.4 Å². The fraction of sp³-hybridized carbons (Fsp3) is 0.296. The van der Waals surface area contributed by atoms with E-state index in [-0.39, 0.29) is 34.5 Å². The molecular weight excluding hydrogens is 641 g/mol. The lowest BCUT2D eigenvalue weighted by Gasteiger charge is -2.33. The summed E-state index contributed by atoms with van der Waals surface area (Å²) in [6.07, 6.45) is -9.28. The molecular formula is C27H25F6N3O4S3. The Bertz CT molecular complexity index is 1570. The molecule has 1 aromatic heterocycles.